The van der Waals surface area contributed by atoms with E-state index in [0.29, 0.717) is 0 Å². The molecule has 0 amide bonds. The molecule has 0 aliphatic heterocycles. The van der Waals surface area contributed by atoms with Crippen molar-refractivity contribution in [3.05, 3.63) is 155 Å². The van der Waals surface area contributed by atoms with Crippen LogP contribution in [0.1, 0.15) is 33.4 Å². The minimum Gasteiger partial charge on any atom is -0.0620 e. The summed E-state index contributed by atoms with van der Waals surface area (Å²) in [5, 5.41) is 8.28. The maximum atomic E-state index is 2.40. The van der Waals surface area contributed by atoms with E-state index in [4.69, 9.17) is 0 Å². The second-order valence-electron chi connectivity index (χ2n) is 11.3. The fourth-order valence-electron chi connectivity index (χ4n) is 8.07. The molecular weight excluding hydrogens is 468 g/mol. The van der Waals surface area contributed by atoms with Crippen molar-refractivity contribution >= 4 is 32.3 Å². The lowest BCUT2D eigenvalue weighted by Gasteiger charge is -2.30. The molecule has 1 spiro atoms. The first-order valence-electron chi connectivity index (χ1n) is 13.9. The van der Waals surface area contributed by atoms with Crippen molar-refractivity contribution in [2.24, 2.45) is 0 Å². The Bertz CT molecular complexity index is 2150. The van der Waals surface area contributed by atoms with Crippen LogP contribution in [0.2, 0.25) is 0 Å². The predicted molar refractivity (Wildman–Crippen MR) is 165 cm³/mol. The van der Waals surface area contributed by atoms with Crippen LogP contribution in [0.25, 0.3) is 54.6 Å². The number of rotatable bonds is 1. The number of hydrogen-bond donors (Lipinski definition) is 0. The Labute approximate surface area is 228 Å². The molecule has 2 aliphatic carbocycles. The van der Waals surface area contributed by atoms with Crippen molar-refractivity contribution in [2.75, 3.05) is 0 Å². The van der Waals surface area contributed by atoms with Crippen LogP contribution in [0.5, 0.6) is 0 Å². The molecule has 0 heteroatoms. The molecule has 9 rings (SSSR count). The monoisotopic (exact) mass is 494 g/mol. The second kappa shape index (κ2) is 7.24. The summed E-state index contributed by atoms with van der Waals surface area (Å²) in [4.78, 5) is 0. The van der Waals surface area contributed by atoms with Crippen LogP contribution in [0, 0.1) is 13.8 Å². The smallest absolute Gasteiger partial charge is 0.0620 e. The highest BCUT2D eigenvalue weighted by Gasteiger charge is 2.50. The molecule has 0 radical (unpaired) electrons. The van der Waals surface area contributed by atoms with Gasteiger partial charge in [0.25, 0.3) is 0 Å². The molecule has 2 aliphatic rings. The zero-order valence-corrected chi connectivity index (χ0v) is 22.0. The Kier molecular flexibility index (Phi) is 3.95. The van der Waals surface area contributed by atoms with Crippen LogP contribution in [-0.4, -0.2) is 0 Å². The largest absolute Gasteiger partial charge is 0.0725 e. The van der Waals surface area contributed by atoms with E-state index in [-0.39, 0.29) is 5.41 Å². The van der Waals surface area contributed by atoms with Crippen LogP contribution in [0.4, 0.5) is 0 Å². The fourth-order valence-corrected chi connectivity index (χ4v) is 8.07. The molecular formula is C39H26. The van der Waals surface area contributed by atoms with Gasteiger partial charge < -0.3 is 0 Å². The van der Waals surface area contributed by atoms with Crippen LogP contribution < -0.4 is 0 Å². The third-order valence-corrected chi connectivity index (χ3v) is 9.53. The van der Waals surface area contributed by atoms with E-state index in [0.717, 1.165) is 0 Å². The first-order chi connectivity index (χ1) is 19.2. The minimum absolute atomic E-state index is 0.302. The number of benzene rings is 7. The van der Waals surface area contributed by atoms with Gasteiger partial charge >= 0.3 is 0 Å². The van der Waals surface area contributed by atoms with E-state index < -0.39 is 0 Å². The van der Waals surface area contributed by atoms with Crippen LogP contribution >= 0.6 is 0 Å². The van der Waals surface area contributed by atoms with Crippen LogP contribution in [0.3, 0.4) is 0 Å². The van der Waals surface area contributed by atoms with Crippen LogP contribution in [-0.2, 0) is 5.41 Å². The van der Waals surface area contributed by atoms with Gasteiger partial charge in [0.1, 0.15) is 0 Å². The van der Waals surface area contributed by atoms with Gasteiger partial charge in [0.15, 0.2) is 0 Å². The molecule has 0 fully saturated rings. The fraction of sp³-hybridized carbons (Fsp3) is 0.0769. The molecule has 39 heavy (non-hydrogen) atoms. The summed E-state index contributed by atoms with van der Waals surface area (Å²) < 4.78 is 0. The van der Waals surface area contributed by atoms with Crippen molar-refractivity contribution in [1.82, 2.24) is 0 Å². The molecule has 0 atom stereocenters. The normalized spacial score (nSPS) is 14.1. The van der Waals surface area contributed by atoms with E-state index in [1.54, 1.807) is 0 Å². The van der Waals surface area contributed by atoms with Gasteiger partial charge in [-0.3, -0.25) is 0 Å². The van der Waals surface area contributed by atoms with Crippen molar-refractivity contribution in [3.8, 4) is 22.3 Å². The van der Waals surface area contributed by atoms with Crippen molar-refractivity contribution in [3.63, 3.8) is 0 Å². The molecule has 7 aromatic rings. The summed E-state index contributed by atoms with van der Waals surface area (Å²) in [7, 11) is 0. The molecule has 0 unspecified atom stereocenters. The molecule has 0 N–H and O–H groups in total. The van der Waals surface area contributed by atoms with Crippen molar-refractivity contribution in [2.45, 2.75) is 19.3 Å². The van der Waals surface area contributed by atoms with Crippen molar-refractivity contribution < 1.29 is 0 Å². The van der Waals surface area contributed by atoms with Gasteiger partial charge in [0.2, 0.25) is 0 Å². The highest BCUT2D eigenvalue weighted by molar-refractivity contribution is 6.32. The minimum atomic E-state index is -0.302. The molecule has 0 nitrogen and oxygen atoms in total. The van der Waals surface area contributed by atoms with Crippen molar-refractivity contribution in [1.29, 1.82) is 0 Å². The summed E-state index contributed by atoms with van der Waals surface area (Å²) >= 11 is 0. The lowest BCUT2D eigenvalue weighted by molar-refractivity contribution is 0.797. The Morgan fingerprint density at radius 2 is 0.872 bits per heavy atom. The third-order valence-electron chi connectivity index (χ3n) is 9.53. The molecule has 7 aromatic carbocycles. The summed E-state index contributed by atoms with van der Waals surface area (Å²) in [5.74, 6) is 0. The van der Waals surface area contributed by atoms with Gasteiger partial charge in [0.05, 0.1) is 5.41 Å². The van der Waals surface area contributed by atoms with Gasteiger partial charge in [-0.1, -0.05) is 121 Å². The van der Waals surface area contributed by atoms with Gasteiger partial charge in [-0.05, 0) is 102 Å². The topological polar surface area (TPSA) is 0 Å². The first kappa shape index (κ1) is 21.3. The molecule has 182 valence electrons. The Balaban J connectivity index is 1.56. The summed E-state index contributed by atoms with van der Waals surface area (Å²) in [5.41, 5.74) is 13.4. The Morgan fingerprint density at radius 1 is 0.359 bits per heavy atom. The van der Waals surface area contributed by atoms with E-state index in [2.05, 4.69) is 135 Å². The number of hydrogen-bond acceptors (Lipinski definition) is 0. The number of fused-ring (bicyclic) bond motifs is 10. The zero-order chi connectivity index (χ0) is 25.9. The van der Waals surface area contributed by atoms with Gasteiger partial charge in [-0.15, -0.1) is 0 Å². The second-order valence-corrected chi connectivity index (χ2v) is 11.3. The van der Waals surface area contributed by atoms with Gasteiger partial charge in [-0.2, -0.15) is 0 Å². The lowest BCUT2D eigenvalue weighted by Crippen LogP contribution is -2.25. The Morgan fingerprint density at radius 3 is 1.54 bits per heavy atom. The molecule has 0 saturated carbocycles. The highest BCUT2D eigenvalue weighted by Crippen LogP contribution is 2.63. The molecule has 0 aromatic heterocycles. The average molecular weight is 495 g/mol. The summed E-state index contributed by atoms with van der Waals surface area (Å²) in [6, 6.07) is 45.7. The van der Waals surface area contributed by atoms with E-state index in [1.165, 1.54) is 88.0 Å². The summed E-state index contributed by atoms with van der Waals surface area (Å²) in [6.45, 7) is 4.50. The predicted octanol–water partition coefficient (Wildman–Crippen LogP) is 10.1. The van der Waals surface area contributed by atoms with Gasteiger partial charge in [-0.25, -0.2) is 0 Å². The van der Waals surface area contributed by atoms with E-state index in [9.17, 15) is 0 Å². The molecule has 0 bridgehead atoms. The zero-order valence-electron chi connectivity index (χ0n) is 22.0. The summed E-state index contributed by atoms with van der Waals surface area (Å²) in [6.07, 6.45) is 0. The Hall–Kier alpha value is -4.68. The third kappa shape index (κ3) is 2.37. The SMILES string of the molecule is Cc1ccccc1-c1c(C)ccc2c3cccc4c3c3c(cccc3c12)C41c2ccccc2-c2ccccc21. The molecule has 0 saturated heterocycles. The highest BCUT2D eigenvalue weighted by atomic mass is 14.5. The van der Waals surface area contributed by atoms with E-state index in [1.807, 2.05) is 0 Å². The first-order valence-corrected chi connectivity index (χ1v) is 13.9. The van der Waals surface area contributed by atoms with E-state index >= 15 is 0 Å². The maximum absolute atomic E-state index is 2.40. The maximum Gasteiger partial charge on any atom is 0.0725 e. The number of aryl methyl sites for hydroxylation is 2. The quantitative estimate of drug-likeness (QED) is 0.199. The molecule has 0 heterocycles. The average Bonchev–Trinajstić information content (AvgIpc) is 3.45. The van der Waals surface area contributed by atoms with Crippen LogP contribution in [0.15, 0.2) is 121 Å². The van der Waals surface area contributed by atoms with Gasteiger partial charge in [0, 0.05) is 0 Å². The standard InChI is InChI=1S/C39H26/c1-23-11-3-4-12-25(23)35-24(2)21-22-29-28-15-9-19-33-37(28)38-30(36(29)35)16-10-20-34(38)39(33)31-17-7-5-13-26(31)27-14-6-8-18-32(27)39/h3-22H,1-2H3. The lowest BCUT2D eigenvalue weighted by atomic mass is 9.70.